The first-order valence-electron chi connectivity index (χ1n) is 9.84. The molecule has 4 aromatic rings. The highest BCUT2D eigenvalue weighted by molar-refractivity contribution is 6.30. The maximum absolute atomic E-state index is 12.8. The molecule has 0 fully saturated rings. The van der Waals surface area contributed by atoms with Crippen LogP contribution >= 0.6 is 11.6 Å². The van der Waals surface area contributed by atoms with Gasteiger partial charge in [-0.2, -0.15) is 0 Å². The van der Waals surface area contributed by atoms with E-state index in [9.17, 15) is 4.79 Å². The maximum atomic E-state index is 12.8. The second-order valence-electron chi connectivity index (χ2n) is 8.20. The number of fused-ring (bicyclic) bond motifs is 3. The molecule has 0 aliphatic carbocycles. The lowest BCUT2D eigenvalue weighted by atomic mass is 10.1. The van der Waals surface area contributed by atoms with E-state index in [0.29, 0.717) is 22.1 Å². The largest absolute Gasteiger partial charge is 0.457 e. The minimum Gasteiger partial charge on any atom is -0.457 e. The van der Waals surface area contributed by atoms with Gasteiger partial charge in [0.1, 0.15) is 17.1 Å². The van der Waals surface area contributed by atoms with E-state index in [4.69, 9.17) is 25.8 Å². The fraction of sp³-hybridized carbons (Fsp3) is 0.250. The molecule has 4 rings (SSSR count). The van der Waals surface area contributed by atoms with Crippen LogP contribution in [-0.2, 0) is 16.1 Å². The third-order valence-electron chi connectivity index (χ3n) is 4.62. The lowest BCUT2D eigenvalue weighted by Gasteiger charge is -2.20. The quantitative estimate of drug-likeness (QED) is 0.372. The van der Waals surface area contributed by atoms with Gasteiger partial charge in [-0.3, -0.25) is 0 Å². The zero-order chi connectivity index (χ0) is 22.2. The number of H-pyrrole nitrogens is 1. The molecule has 0 amide bonds. The van der Waals surface area contributed by atoms with Crippen molar-refractivity contribution >= 4 is 39.4 Å². The Bertz CT molecular complexity index is 1270. The number of aromatic amines is 1. The van der Waals surface area contributed by atoms with Crippen LogP contribution in [0, 0.1) is 0 Å². The molecule has 6 nitrogen and oxygen atoms in total. The molecule has 2 heterocycles. The number of benzene rings is 2. The van der Waals surface area contributed by atoms with Crippen LogP contribution in [0.3, 0.4) is 0 Å². The van der Waals surface area contributed by atoms with Gasteiger partial charge < -0.3 is 19.2 Å². The van der Waals surface area contributed by atoms with E-state index in [1.807, 2.05) is 51.1 Å². The molecule has 31 heavy (non-hydrogen) atoms. The Kier molecular flexibility index (Phi) is 5.60. The molecule has 2 aromatic carbocycles. The second kappa shape index (κ2) is 8.21. The van der Waals surface area contributed by atoms with Gasteiger partial charge in [-0.15, -0.1) is 0 Å². The Hall–Kier alpha value is -3.09. The topological polar surface area (TPSA) is 73.4 Å². The van der Waals surface area contributed by atoms with E-state index in [0.717, 1.165) is 21.8 Å². The Morgan fingerprint density at radius 2 is 1.87 bits per heavy atom. The van der Waals surface area contributed by atoms with E-state index in [1.54, 1.807) is 25.4 Å². The van der Waals surface area contributed by atoms with Crippen molar-refractivity contribution in [1.82, 2.24) is 9.97 Å². The summed E-state index contributed by atoms with van der Waals surface area (Å²) in [5.41, 5.74) is 1.98. The molecule has 0 saturated carbocycles. The number of ether oxygens (including phenoxy) is 3. The van der Waals surface area contributed by atoms with Crippen molar-refractivity contribution < 1.29 is 19.0 Å². The van der Waals surface area contributed by atoms with Gasteiger partial charge in [0, 0.05) is 34.0 Å². The van der Waals surface area contributed by atoms with Crippen LogP contribution in [0.4, 0.5) is 0 Å². The SMILES string of the molecule is COCc1c(C(=O)OC(C)(C)C)ncc2[nH]c3ccc(Oc4cccc(Cl)c4)cc3c12. The standard InChI is InChI=1S/C24H23ClN2O4/c1-24(2,3)31-23(28)22-18(13-29-4)21-17-11-16(30-15-7-5-6-14(25)10-15)8-9-19(17)27-20(21)12-26-22/h5-12,27H,13H2,1-4H3. The molecule has 7 heteroatoms. The van der Waals surface area contributed by atoms with Gasteiger partial charge in [0.2, 0.25) is 0 Å². The summed E-state index contributed by atoms with van der Waals surface area (Å²) in [6.45, 7) is 5.69. The van der Waals surface area contributed by atoms with Crippen LogP contribution in [0.1, 0.15) is 36.8 Å². The van der Waals surface area contributed by atoms with Gasteiger partial charge in [0.15, 0.2) is 5.69 Å². The van der Waals surface area contributed by atoms with Gasteiger partial charge >= 0.3 is 5.97 Å². The highest BCUT2D eigenvalue weighted by Gasteiger charge is 2.24. The molecule has 0 atom stereocenters. The molecule has 0 spiro atoms. The average Bonchev–Trinajstić information content (AvgIpc) is 3.05. The van der Waals surface area contributed by atoms with Crippen LogP contribution in [-0.4, -0.2) is 28.6 Å². The Labute approximate surface area is 185 Å². The molecular weight excluding hydrogens is 416 g/mol. The Morgan fingerprint density at radius 3 is 2.58 bits per heavy atom. The van der Waals surface area contributed by atoms with Crippen molar-refractivity contribution in [3.63, 3.8) is 0 Å². The summed E-state index contributed by atoms with van der Waals surface area (Å²) >= 11 is 6.07. The van der Waals surface area contributed by atoms with Gasteiger partial charge in [-0.1, -0.05) is 17.7 Å². The Morgan fingerprint density at radius 1 is 1.10 bits per heavy atom. The highest BCUT2D eigenvalue weighted by Crippen LogP contribution is 2.34. The minimum absolute atomic E-state index is 0.214. The first kappa shape index (κ1) is 21.2. The van der Waals surface area contributed by atoms with E-state index in [-0.39, 0.29) is 12.3 Å². The number of hydrogen-bond acceptors (Lipinski definition) is 5. The third-order valence-corrected chi connectivity index (χ3v) is 4.86. The second-order valence-corrected chi connectivity index (χ2v) is 8.64. The molecule has 0 aliphatic rings. The molecule has 0 bridgehead atoms. The molecular formula is C24H23ClN2O4. The summed E-state index contributed by atoms with van der Waals surface area (Å²) in [6, 6.07) is 12.9. The maximum Gasteiger partial charge on any atom is 0.357 e. The van der Waals surface area contributed by atoms with Crippen molar-refractivity contribution in [3.05, 3.63) is 64.9 Å². The summed E-state index contributed by atoms with van der Waals surface area (Å²) in [6.07, 6.45) is 1.64. The lowest BCUT2D eigenvalue weighted by molar-refractivity contribution is 0.00593. The number of methoxy groups -OCH3 is 1. The molecule has 0 aliphatic heterocycles. The van der Waals surface area contributed by atoms with Crippen LogP contribution in [0.15, 0.2) is 48.7 Å². The first-order chi connectivity index (χ1) is 14.7. The van der Waals surface area contributed by atoms with Crippen molar-refractivity contribution in [2.24, 2.45) is 0 Å². The number of nitrogens with zero attached hydrogens (tertiary/aromatic N) is 1. The molecule has 0 radical (unpaired) electrons. The summed E-state index contributed by atoms with van der Waals surface area (Å²) < 4.78 is 17.0. The van der Waals surface area contributed by atoms with Crippen molar-refractivity contribution in [2.45, 2.75) is 33.0 Å². The minimum atomic E-state index is -0.629. The summed E-state index contributed by atoms with van der Waals surface area (Å²) in [5, 5.41) is 2.35. The lowest BCUT2D eigenvalue weighted by Crippen LogP contribution is -2.25. The van der Waals surface area contributed by atoms with Crippen LogP contribution in [0.2, 0.25) is 5.02 Å². The normalized spacial score (nSPS) is 11.8. The number of esters is 1. The fourth-order valence-corrected chi connectivity index (χ4v) is 3.64. The number of carbonyl (C=O) groups is 1. The van der Waals surface area contributed by atoms with E-state index in [1.165, 1.54) is 0 Å². The van der Waals surface area contributed by atoms with Crippen molar-refractivity contribution in [1.29, 1.82) is 0 Å². The van der Waals surface area contributed by atoms with E-state index < -0.39 is 11.6 Å². The number of halogens is 1. The molecule has 0 saturated heterocycles. The summed E-state index contributed by atoms with van der Waals surface area (Å²) in [7, 11) is 1.58. The number of pyridine rings is 1. The predicted octanol–water partition coefficient (Wildman–Crippen LogP) is 6.26. The number of nitrogens with one attached hydrogen (secondary N) is 1. The number of aromatic nitrogens is 2. The van der Waals surface area contributed by atoms with Crippen LogP contribution in [0.25, 0.3) is 21.8 Å². The van der Waals surface area contributed by atoms with E-state index >= 15 is 0 Å². The fourth-order valence-electron chi connectivity index (χ4n) is 3.46. The van der Waals surface area contributed by atoms with Gasteiger partial charge in [-0.05, 0) is 57.2 Å². The summed E-state index contributed by atoms with van der Waals surface area (Å²) in [5.74, 6) is 0.803. The zero-order valence-electron chi connectivity index (χ0n) is 17.8. The van der Waals surface area contributed by atoms with Crippen molar-refractivity contribution in [2.75, 3.05) is 7.11 Å². The van der Waals surface area contributed by atoms with Gasteiger partial charge in [-0.25, -0.2) is 9.78 Å². The highest BCUT2D eigenvalue weighted by atomic mass is 35.5. The molecule has 1 N–H and O–H groups in total. The Balaban J connectivity index is 1.85. The van der Waals surface area contributed by atoms with E-state index in [2.05, 4.69) is 9.97 Å². The van der Waals surface area contributed by atoms with Gasteiger partial charge in [0.25, 0.3) is 0 Å². The first-order valence-corrected chi connectivity index (χ1v) is 10.2. The number of hydrogen-bond donors (Lipinski definition) is 1. The molecule has 0 unspecified atom stereocenters. The summed E-state index contributed by atoms with van der Waals surface area (Å²) in [4.78, 5) is 20.5. The van der Waals surface area contributed by atoms with Gasteiger partial charge in [0.05, 0.1) is 18.3 Å². The zero-order valence-corrected chi connectivity index (χ0v) is 18.5. The van der Waals surface area contributed by atoms with Crippen LogP contribution in [0.5, 0.6) is 11.5 Å². The number of carbonyl (C=O) groups excluding carboxylic acids is 1. The molecule has 160 valence electrons. The third kappa shape index (κ3) is 4.50. The number of rotatable bonds is 5. The predicted molar refractivity (Wildman–Crippen MR) is 121 cm³/mol. The smallest absolute Gasteiger partial charge is 0.357 e. The van der Waals surface area contributed by atoms with Crippen LogP contribution < -0.4 is 4.74 Å². The average molecular weight is 439 g/mol. The van der Waals surface area contributed by atoms with Crippen molar-refractivity contribution in [3.8, 4) is 11.5 Å². The monoisotopic (exact) mass is 438 g/mol. The molecule has 2 aromatic heterocycles.